The zero-order valence-electron chi connectivity index (χ0n) is 14.6. The number of rotatable bonds is 1. The molecule has 1 aliphatic heterocycles. The smallest absolute Gasteiger partial charge is 0.315 e. The fourth-order valence-corrected chi connectivity index (χ4v) is 7.67. The number of carbonyl (C=O) groups excluding carboxylic acids is 1. The lowest BCUT2D eigenvalue weighted by Crippen LogP contribution is -2.53. The summed E-state index contributed by atoms with van der Waals surface area (Å²) in [6.07, 6.45) is -0.452. The van der Waals surface area contributed by atoms with Crippen LogP contribution < -0.4 is 0 Å². The summed E-state index contributed by atoms with van der Waals surface area (Å²) in [6, 6.07) is 0. The normalized spacial score (nSPS) is 59.8. The van der Waals surface area contributed by atoms with Gasteiger partial charge in [-0.1, -0.05) is 6.58 Å². The second-order valence-corrected chi connectivity index (χ2v) is 9.31. The molecule has 0 aromatic heterocycles. The van der Waals surface area contributed by atoms with E-state index in [1.54, 1.807) is 6.92 Å². The largest absolute Gasteiger partial charge is 0.481 e. The van der Waals surface area contributed by atoms with E-state index in [4.69, 9.17) is 4.74 Å². The van der Waals surface area contributed by atoms with Gasteiger partial charge in [-0.3, -0.25) is 9.59 Å². The molecular weight excluding hydrogens is 340 g/mol. The molecule has 5 rings (SSSR count). The summed E-state index contributed by atoms with van der Waals surface area (Å²) in [4.78, 5) is 25.2. The number of aliphatic carboxylic acids is 1. The van der Waals surface area contributed by atoms with E-state index in [1.807, 2.05) is 0 Å². The first-order chi connectivity index (χ1) is 12.1. The van der Waals surface area contributed by atoms with Gasteiger partial charge in [0.05, 0.1) is 29.1 Å². The number of aliphatic hydroxyl groups excluding tert-OH is 2. The maximum Gasteiger partial charge on any atom is 0.315 e. The fraction of sp³-hybridized carbons (Fsp3) is 0.789. The van der Waals surface area contributed by atoms with Gasteiger partial charge in [0.1, 0.15) is 5.60 Å². The Morgan fingerprint density at radius 1 is 1.27 bits per heavy atom. The molecule has 1 saturated heterocycles. The molecule has 142 valence electrons. The predicted molar refractivity (Wildman–Crippen MR) is 86.7 cm³/mol. The van der Waals surface area contributed by atoms with Crippen molar-refractivity contribution in [3.05, 3.63) is 12.2 Å². The zero-order valence-corrected chi connectivity index (χ0v) is 14.6. The van der Waals surface area contributed by atoms with Crippen molar-refractivity contribution >= 4 is 11.9 Å². The van der Waals surface area contributed by atoms with E-state index in [2.05, 4.69) is 6.58 Å². The molecule has 2 unspecified atom stereocenters. The summed E-state index contributed by atoms with van der Waals surface area (Å²) < 4.78 is 5.90. The van der Waals surface area contributed by atoms with Crippen LogP contribution in [-0.4, -0.2) is 55.8 Å². The Morgan fingerprint density at radius 3 is 2.62 bits per heavy atom. The molecule has 5 aliphatic rings. The second kappa shape index (κ2) is 4.34. The van der Waals surface area contributed by atoms with E-state index in [0.29, 0.717) is 25.7 Å². The highest BCUT2D eigenvalue weighted by Crippen LogP contribution is 2.78. The van der Waals surface area contributed by atoms with Gasteiger partial charge in [-0.05, 0) is 44.6 Å². The topological polar surface area (TPSA) is 124 Å². The Morgan fingerprint density at radius 2 is 1.96 bits per heavy atom. The molecule has 0 aromatic carbocycles. The summed E-state index contributed by atoms with van der Waals surface area (Å²) in [7, 11) is 0. The van der Waals surface area contributed by atoms with E-state index in [1.165, 1.54) is 0 Å². The van der Waals surface area contributed by atoms with Crippen molar-refractivity contribution in [2.24, 2.45) is 28.6 Å². The molecule has 5 fully saturated rings. The molecule has 9 atom stereocenters. The van der Waals surface area contributed by atoms with Crippen LogP contribution in [0.15, 0.2) is 12.2 Å². The van der Waals surface area contributed by atoms with Crippen molar-refractivity contribution in [3.8, 4) is 0 Å². The first-order valence-corrected chi connectivity index (χ1v) is 9.30. The first kappa shape index (κ1) is 16.7. The minimum atomic E-state index is -1.31. The molecular formula is C19H24O7. The Hall–Kier alpha value is -1.44. The lowest BCUT2D eigenvalue weighted by molar-refractivity contribution is -0.168. The standard InChI is InChI=1S/C19H24O7/c1-8-13(21)18-7-17(8,25)5-3-9(18)19-6-4-10(20)16(2,15(24)26-19)12(19)11(18)14(22)23/h9-13,20-21,25H,1,3-7H2,2H3,(H,22,23)/t9-,10+,11-,12-,13?,16?,17+,18-,19-/m1/s1. The van der Waals surface area contributed by atoms with Crippen LogP contribution in [0.25, 0.3) is 0 Å². The Balaban J connectivity index is 1.79. The van der Waals surface area contributed by atoms with E-state index >= 15 is 0 Å². The molecule has 7 nitrogen and oxygen atoms in total. The molecule has 4 saturated carbocycles. The lowest BCUT2D eigenvalue weighted by atomic mass is 9.59. The zero-order chi connectivity index (χ0) is 18.9. The lowest BCUT2D eigenvalue weighted by Gasteiger charge is -2.46. The maximum atomic E-state index is 12.7. The third kappa shape index (κ3) is 1.37. The summed E-state index contributed by atoms with van der Waals surface area (Å²) >= 11 is 0. The van der Waals surface area contributed by atoms with E-state index in [0.717, 1.165) is 0 Å². The molecule has 1 heterocycles. The molecule has 0 radical (unpaired) electrons. The number of hydrogen-bond donors (Lipinski definition) is 4. The quantitative estimate of drug-likeness (QED) is 0.388. The van der Waals surface area contributed by atoms with Crippen molar-refractivity contribution < 1.29 is 34.8 Å². The summed E-state index contributed by atoms with van der Waals surface area (Å²) in [5.41, 5.74) is -4.44. The van der Waals surface area contributed by atoms with Crippen molar-refractivity contribution in [2.45, 2.75) is 62.4 Å². The van der Waals surface area contributed by atoms with Gasteiger partial charge in [-0.2, -0.15) is 0 Å². The van der Waals surface area contributed by atoms with Gasteiger partial charge >= 0.3 is 11.9 Å². The first-order valence-electron chi connectivity index (χ1n) is 9.30. The van der Waals surface area contributed by atoms with Gasteiger partial charge in [0.15, 0.2) is 0 Å². The van der Waals surface area contributed by atoms with Gasteiger partial charge < -0.3 is 25.2 Å². The predicted octanol–water partition coefficient (Wildman–Crippen LogP) is 0.222. The molecule has 4 aliphatic carbocycles. The highest BCUT2D eigenvalue weighted by Gasteiger charge is 2.86. The van der Waals surface area contributed by atoms with Crippen molar-refractivity contribution in [1.82, 2.24) is 0 Å². The number of carboxylic acid groups (broad SMARTS) is 1. The minimum absolute atomic E-state index is 0.115. The second-order valence-electron chi connectivity index (χ2n) is 9.31. The van der Waals surface area contributed by atoms with Crippen LogP contribution in [0.5, 0.6) is 0 Å². The average Bonchev–Trinajstić information content (AvgIpc) is 2.98. The van der Waals surface area contributed by atoms with Crippen LogP contribution in [0.3, 0.4) is 0 Å². The molecule has 26 heavy (non-hydrogen) atoms. The number of esters is 1. The molecule has 1 spiro atoms. The number of carboxylic acids is 1. The summed E-state index contributed by atoms with van der Waals surface area (Å²) in [5, 5.41) is 42.8. The van der Waals surface area contributed by atoms with Crippen LogP contribution in [0.1, 0.15) is 39.0 Å². The molecule has 4 bridgehead atoms. The van der Waals surface area contributed by atoms with Gasteiger partial charge in [0, 0.05) is 17.3 Å². The van der Waals surface area contributed by atoms with Gasteiger partial charge in [-0.25, -0.2) is 0 Å². The van der Waals surface area contributed by atoms with Gasteiger partial charge in [0.25, 0.3) is 0 Å². The average molecular weight is 364 g/mol. The van der Waals surface area contributed by atoms with Crippen LogP contribution in [0.4, 0.5) is 0 Å². The molecule has 4 N–H and O–H groups in total. The Kier molecular flexibility index (Phi) is 2.79. The fourth-order valence-electron chi connectivity index (χ4n) is 7.67. The minimum Gasteiger partial charge on any atom is -0.481 e. The Bertz CT molecular complexity index is 763. The third-order valence-corrected chi connectivity index (χ3v) is 8.69. The monoisotopic (exact) mass is 364 g/mol. The van der Waals surface area contributed by atoms with E-state index in [-0.39, 0.29) is 17.9 Å². The molecule has 0 aromatic rings. The maximum absolute atomic E-state index is 12.7. The number of carbonyl (C=O) groups is 2. The highest BCUT2D eigenvalue weighted by molar-refractivity contribution is 5.85. The van der Waals surface area contributed by atoms with Crippen molar-refractivity contribution in [1.29, 1.82) is 0 Å². The number of fused-ring (bicyclic) bond motifs is 1. The number of hydrogen-bond acceptors (Lipinski definition) is 6. The summed E-state index contributed by atoms with van der Waals surface area (Å²) in [6.45, 7) is 5.47. The van der Waals surface area contributed by atoms with E-state index in [9.17, 15) is 30.0 Å². The number of aliphatic hydroxyl groups is 3. The van der Waals surface area contributed by atoms with E-state index < -0.39 is 58.0 Å². The van der Waals surface area contributed by atoms with Crippen molar-refractivity contribution in [2.75, 3.05) is 0 Å². The molecule has 0 amide bonds. The van der Waals surface area contributed by atoms with Crippen LogP contribution in [-0.2, 0) is 14.3 Å². The molecule has 7 heteroatoms. The SMILES string of the molecule is C=C1C(O)[C@]23C[C@@]1(O)CC[C@H]2[C@@]12CC[C@H](O)C(C)(C(=O)O1)[C@H]2[C@@H]3C(=O)O. The van der Waals surface area contributed by atoms with Crippen LogP contribution >= 0.6 is 0 Å². The van der Waals surface area contributed by atoms with Gasteiger partial charge in [0.2, 0.25) is 0 Å². The number of ether oxygens (including phenoxy) is 1. The van der Waals surface area contributed by atoms with Crippen LogP contribution in [0.2, 0.25) is 0 Å². The van der Waals surface area contributed by atoms with Gasteiger partial charge in [-0.15, -0.1) is 0 Å². The Labute approximate surface area is 150 Å². The third-order valence-electron chi connectivity index (χ3n) is 8.69. The van der Waals surface area contributed by atoms with Crippen molar-refractivity contribution in [3.63, 3.8) is 0 Å². The summed E-state index contributed by atoms with van der Waals surface area (Å²) in [5.74, 6) is -3.83. The highest BCUT2D eigenvalue weighted by atomic mass is 16.6. The van der Waals surface area contributed by atoms with Crippen LogP contribution in [0, 0.1) is 28.6 Å².